The van der Waals surface area contributed by atoms with Crippen LogP contribution in [0.5, 0.6) is 0 Å². The predicted octanol–water partition coefficient (Wildman–Crippen LogP) is 1.88. The molecule has 0 radical (unpaired) electrons. The van der Waals surface area contributed by atoms with Crippen LogP contribution in [-0.2, 0) is 20.2 Å². The third kappa shape index (κ3) is 3.53. The van der Waals surface area contributed by atoms with Crippen molar-refractivity contribution in [2.45, 2.75) is 28.0 Å². The molecule has 0 aromatic heterocycles. The Balaban J connectivity index is 2.42. The summed E-state index contributed by atoms with van der Waals surface area (Å²) in [5.41, 5.74) is 0. The molecule has 0 aliphatic carbocycles. The Kier molecular flexibility index (Phi) is 4.57. The second-order valence-electron chi connectivity index (χ2n) is 4.61. The number of piperidine rings is 1. The lowest BCUT2D eigenvalue weighted by atomic mass is 10.2. The molecule has 1 fully saturated rings. The Morgan fingerprint density at radius 3 is 2.24 bits per heavy atom. The molecular weight excluding hydrogens is 348 g/mol. The fraction of sp³-hybridized carbons (Fsp3) is 0.455. The highest BCUT2D eigenvalue weighted by Crippen LogP contribution is 2.26. The van der Waals surface area contributed by atoms with Crippen LogP contribution < -0.4 is 0 Å². The largest absolute Gasteiger partial charge is 0.335 e. The van der Waals surface area contributed by atoms with Crippen LogP contribution in [0.2, 0.25) is 0 Å². The second kappa shape index (κ2) is 5.79. The van der Waals surface area contributed by atoms with Crippen molar-refractivity contribution in [1.82, 2.24) is 4.31 Å². The number of hydrogen-bond donors (Lipinski definition) is 0. The van der Waals surface area contributed by atoms with Crippen LogP contribution in [0.3, 0.4) is 0 Å². The van der Waals surface area contributed by atoms with E-state index in [4.69, 9.17) is 11.6 Å². The van der Waals surface area contributed by atoms with E-state index in [0.29, 0.717) is 25.0 Å². The van der Waals surface area contributed by atoms with E-state index in [1.165, 1.54) is 0 Å². The average molecular weight is 360 g/mol. The van der Waals surface area contributed by atoms with Gasteiger partial charge in [-0.15, -0.1) is 15.5 Å². The zero-order chi connectivity index (χ0) is 15.8. The van der Waals surface area contributed by atoms with Crippen LogP contribution >= 0.6 is 11.6 Å². The number of hydrogen-bond acceptors (Lipinski definition) is 4. The minimum absolute atomic E-state index is 0.119. The number of benzene rings is 1. The molecule has 1 aromatic rings. The number of sulfonamides is 1. The molecule has 0 unspecified atom stereocenters. The number of nitrogens with zero attached hydrogens (tertiary/aromatic N) is 1. The third-order valence-corrected chi connectivity index (χ3v) is 6.36. The first kappa shape index (κ1) is 16.6. The standard InChI is InChI=1S/C11H12ClF2NO4S2/c12-8-3-5-15(6-4-8)21(18,19)9-1-2-10(13)11(7-9)20(14,16)17/h1-2,7-8H,3-6H2. The van der Waals surface area contributed by atoms with Crippen molar-refractivity contribution >= 4 is 31.8 Å². The molecule has 2 rings (SSSR count). The average Bonchev–Trinajstić information content (AvgIpc) is 2.38. The van der Waals surface area contributed by atoms with Gasteiger partial charge in [0.25, 0.3) is 0 Å². The number of halogens is 3. The fourth-order valence-corrected chi connectivity index (χ4v) is 4.38. The highest BCUT2D eigenvalue weighted by molar-refractivity contribution is 7.89. The molecular formula is C11H12ClF2NO4S2. The van der Waals surface area contributed by atoms with Gasteiger partial charge in [-0.25, -0.2) is 12.8 Å². The van der Waals surface area contributed by atoms with Gasteiger partial charge in [-0.2, -0.15) is 12.7 Å². The second-order valence-corrected chi connectivity index (χ2v) is 8.48. The Morgan fingerprint density at radius 2 is 1.71 bits per heavy atom. The van der Waals surface area contributed by atoms with E-state index in [1.54, 1.807) is 0 Å². The zero-order valence-electron chi connectivity index (χ0n) is 10.7. The molecule has 1 aromatic carbocycles. The summed E-state index contributed by atoms with van der Waals surface area (Å²) in [6, 6.07) is 2.02. The highest BCUT2D eigenvalue weighted by atomic mass is 35.5. The molecule has 0 N–H and O–H groups in total. The van der Waals surface area contributed by atoms with Gasteiger partial charge in [-0.1, -0.05) is 0 Å². The molecule has 1 aliphatic rings. The maximum Gasteiger partial charge on any atom is 0.335 e. The van der Waals surface area contributed by atoms with Gasteiger partial charge >= 0.3 is 10.2 Å². The summed E-state index contributed by atoms with van der Waals surface area (Å²) in [7, 11) is -9.34. The van der Waals surface area contributed by atoms with Crippen LogP contribution in [0.15, 0.2) is 28.0 Å². The summed E-state index contributed by atoms with van der Waals surface area (Å²) in [5, 5.41) is -0.119. The van der Waals surface area contributed by atoms with Crippen molar-refractivity contribution in [1.29, 1.82) is 0 Å². The summed E-state index contributed by atoms with van der Waals surface area (Å²) in [6.45, 7) is 0.344. The van der Waals surface area contributed by atoms with Crippen molar-refractivity contribution in [3.8, 4) is 0 Å². The lowest BCUT2D eigenvalue weighted by Gasteiger charge is -2.28. The van der Waals surface area contributed by atoms with Crippen molar-refractivity contribution in [3.05, 3.63) is 24.0 Å². The van der Waals surface area contributed by atoms with E-state index in [0.717, 1.165) is 10.4 Å². The van der Waals surface area contributed by atoms with Gasteiger partial charge in [-0.3, -0.25) is 0 Å². The monoisotopic (exact) mass is 359 g/mol. The van der Waals surface area contributed by atoms with Gasteiger partial charge in [0.1, 0.15) is 10.7 Å². The van der Waals surface area contributed by atoms with Crippen molar-refractivity contribution in [2.24, 2.45) is 0 Å². The van der Waals surface area contributed by atoms with Gasteiger partial charge in [0, 0.05) is 18.5 Å². The van der Waals surface area contributed by atoms with E-state index in [1.807, 2.05) is 0 Å². The minimum Gasteiger partial charge on any atom is -0.207 e. The van der Waals surface area contributed by atoms with Crippen molar-refractivity contribution in [3.63, 3.8) is 0 Å². The van der Waals surface area contributed by atoms with Gasteiger partial charge in [0.15, 0.2) is 0 Å². The van der Waals surface area contributed by atoms with Crippen LogP contribution in [0, 0.1) is 5.82 Å². The summed E-state index contributed by atoms with van der Waals surface area (Å²) in [6.07, 6.45) is 0.909. The van der Waals surface area contributed by atoms with Crippen LogP contribution in [0.1, 0.15) is 12.8 Å². The zero-order valence-corrected chi connectivity index (χ0v) is 13.1. The van der Waals surface area contributed by atoms with Crippen LogP contribution in [0.25, 0.3) is 0 Å². The molecule has 0 atom stereocenters. The molecule has 118 valence electrons. The van der Waals surface area contributed by atoms with Crippen LogP contribution in [0.4, 0.5) is 8.28 Å². The molecule has 0 amide bonds. The van der Waals surface area contributed by atoms with E-state index in [-0.39, 0.29) is 18.5 Å². The van der Waals surface area contributed by atoms with Gasteiger partial charge in [0.05, 0.1) is 4.90 Å². The molecule has 1 saturated heterocycles. The first-order valence-corrected chi connectivity index (χ1v) is 9.27. The Labute approximate surface area is 126 Å². The molecule has 1 heterocycles. The normalized spacial score (nSPS) is 18.8. The Hall–Kier alpha value is -0.770. The third-order valence-electron chi connectivity index (χ3n) is 3.19. The number of rotatable bonds is 3. The molecule has 5 nitrogen and oxygen atoms in total. The molecule has 0 bridgehead atoms. The molecule has 21 heavy (non-hydrogen) atoms. The maximum absolute atomic E-state index is 13.3. The van der Waals surface area contributed by atoms with E-state index in [9.17, 15) is 25.1 Å². The lowest BCUT2D eigenvalue weighted by molar-refractivity contribution is 0.350. The quantitative estimate of drug-likeness (QED) is 0.610. The Morgan fingerprint density at radius 1 is 1.14 bits per heavy atom. The summed E-state index contributed by atoms with van der Waals surface area (Å²) >= 11 is 5.88. The van der Waals surface area contributed by atoms with E-state index < -0.39 is 35.9 Å². The molecule has 1 aliphatic heterocycles. The minimum atomic E-state index is -5.33. The van der Waals surface area contributed by atoms with Crippen molar-refractivity contribution < 1.29 is 25.1 Å². The topological polar surface area (TPSA) is 71.5 Å². The highest BCUT2D eigenvalue weighted by Gasteiger charge is 2.30. The summed E-state index contributed by atoms with van der Waals surface area (Å²) in [5.74, 6) is -1.34. The fourth-order valence-electron chi connectivity index (χ4n) is 2.04. The van der Waals surface area contributed by atoms with Crippen LogP contribution in [-0.4, -0.2) is 39.6 Å². The smallest absolute Gasteiger partial charge is 0.207 e. The van der Waals surface area contributed by atoms with E-state index >= 15 is 0 Å². The summed E-state index contributed by atoms with van der Waals surface area (Å²) in [4.78, 5) is -1.75. The Bertz CT molecular complexity index is 743. The SMILES string of the molecule is O=S(=O)(F)c1cc(S(=O)(=O)N2CCC(Cl)CC2)ccc1F. The predicted molar refractivity (Wildman–Crippen MR) is 72.3 cm³/mol. The first-order valence-electron chi connectivity index (χ1n) is 6.01. The van der Waals surface area contributed by atoms with Gasteiger partial charge in [0.2, 0.25) is 10.0 Å². The van der Waals surface area contributed by atoms with Gasteiger partial charge in [-0.05, 0) is 31.0 Å². The first-order chi connectivity index (χ1) is 9.62. The van der Waals surface area contributed by atoms with Gasteiger partial charge < -0.3 is 0 Å². The number of alkyl halides is 1. The van der Waals surface area contributed by atoms with E-state index in [2.05, 4.69) is 0 Å². The lowest BCUT2D eigenvalue weighted by Crippen LogP contribution is -2.38. The molecule has 0 saturated carbocycles. The molecule has 0 spiro atoms. The maximum atomic E-state index is 13.3. The summed E-state index contributed by atoms with van der Waals surface area (Å²) < 4.78 is 73.7. The van der Waals surface area contributed by atoms with Crippen molar-refractivity contribution in [2.75, 3.05) is 13.1 Å². The molecule has 10 heteroatoms.